The lowest BCUT2D eigenvalue weighted by atomic mass is 10.0. The molecule has 9 heteroatoms. The second-order valence-corrected chi connectivity index (χ2v) is 14.8. The van der Waals surface area contributed by atoms with Gasteiger partial charge < -0.3 is 14.4 Å². The largest absolute Gasteiger partial charge is 0.472 e. The first-order chi connectivity index (χ1) is 22.8. The average Bonchev–Trinajstić information content (AvgIpc) is 3.04. The van der Waals surface area contributed by atoms with Crippen molar-refractivity contribution < 1.29 is 37.6 Å². The van der Waals surface area contributed by atoms with Crippen LogP contribution in [0.25, 0.3) is 0 Å². The molecule has 47 heavy (non-hydrogen) atoms. The van der Waals surface area contributed by atoms with Crippen LogP contribution in [0.3, 0.4) is 0 Å². The first-order valence-corrected chi connectivity index (χ1v) is 21.3. The van der Waals surface area contributed by atoms with Crippen molar-refractivity contribution in [2.75, 3.05) is 19.8 Å². The SMILES string of the molecule is CCCCCCCCCCCCCCCCCC(=O)OC(COC(=O)CCCCCCCCCCCCCC)COP(=O)(O)OCC. The minimum absolute atomic E-state index is 0.00542. The average molecular weight is 691 g/mol. The van der Waals surface area contributed by atoms with E-state index >= 15 is 0 Å². The summed E-state index contributed by atoms with van der Waals surface area (Å²) in [6.45, 7) is 5.49. The maximum atomic E-state index is 12.5. The molecule has 2 atom stereocenters. The standard InChI is InChI=1S/C38H75O8P/c1-4-7-9-11-13-15-17-19-20-21-23-25-27-29-31-33-38(40)46-36(35-45-47(41,42)44-6-3)34-43-37(39)32-30-28-26-24-22-18-16-14-12-10-8-5-2/h36H,4-35H2,1-3H3,(H,41,42). The van der Waals surface area contributed by atoms with Crippen molar-refractivity contribution in [1.82, 2.24) is 0 Å². The van der Waals surface area contributed by atoms with Gasteiger partial charge in [0.05, 0.1) is 13.2 Å². The van der Waals surface area contributed by atoms with Crippen molar-refractivity contribution in [3.8, 4) is 0 Å². The Labute approximate surface area is 289 Å². The summed E-state index contributed by atoms with van der Waals surface area (Å²) >= 11 is 0. The van der Waals surface area contributed by atoms with Crippen LogP contribution < -0.4 is 0 Å². The van der Waals surface area contributed by atoms with Gasteiger partial charge in [-0.15, -0.1) is 0 Å². The van der Waals surface area contributed by atoms with Gasteiger partial charge in [-0.25, -0.2) is 4.57 Å². The third-order valence-corrected chi connectivity index (χ3v) is 9.72. The monoisotopic (exact) mass is 691 g/mol. The minimum Gasteiger partial charge on any atom is -0.462 e. The van der Waals surface area contributed by atoms with E-state index in [0.29, 0.717) is 6.42 Å². The van der Waals surface area contributed by atoms with Gasteiger partial charge in [0.25, 0.3) is 0 Å². The zero-order valence-electron chi connectivity index (χ0n) is 31.0. The number of carbonyl (C=O) groups is 2. The zero-order valence-corrected chi connectivity index (χ0v) is 31.9. The molecule has 8 nitrogen and oxygen atoms in total. The van der Waals surface area contributed by atoms with Gasteiger partial charge in [0.2, 0.25) is 0 Å². The molecule has 0 aliphatic heterocycles. The summed E-state index contributed by atoms with van der Waals surface area (Å²) in [5, 5.41) is 0. The second kappa shape index (κ2) is 34.9. The molecule has 0 saturated heterocycles. The highest BCUT2D eigenvalue weighted by Gasteiger charge is 2.25. The van der Waals surface area contributed by atoms with Crippen LogP contribution in [0.4, 0.5) is 0 Å². The van der Waals surface area contributed by atoms with Crippen molar-refractivity contribution >= 4 is 19.8 Å². The summed E-state index contributed by atoms with van der Waals surface area (Å²) in [6.07, 6.45) is 32.9. The molecule has 0 amide bonds. The second-order valence-electron chi connectivity index (χ2n) is 13.3. The van der Waals surface area contributed by atoms with Crippen LogP contribution in [0, 0.1) is 0 Å². The Morgan fingerprint density at radius 1 is 0.489 bits per heavy atom. The van der Waals surface area contributed by atoms with Gasteiger partial charge in [0.1, 0.15) is 6.61 Å². The van der Waals surface area contributed by atoms with Crippen LogP contribution in [0.2, 0.25) is 0 Å². The molecule has 0 rings (SSSR count). The molecule has 0 aromatic rings. The maximum Gasteiger partial charge on any atom is 0.472 e. The third-order valence-electron chi connectivity index (χ3n) is 8.66. The Morgan fingerprint density at radius 3 is 1.19 bits per heavy atom. The van der Waals surface area contributed by atoms with Crippen LogP contribution in [0.5, 0.6) is 0 Å². The van der Waals surface area contributed by atoms with Gasteiger partial charge in [-0.1, -0.05) is 174 Å². The fourth-order valence-electron chi connectivity index (χ4n) is 5.75. The van der Waals surface area contributed by atoms with Crippen molar-refractivity contribution in [2.45, 2.75) is 213 Å². The van der Waals surface area contributed by atoms with Crippen LogP contribution in [-0.2, 0) is 32.7 Å². The zero-order chi connectivity index (χ0) is 34.7. The molecule has 280 valence electrons. The van der Waals surface area contributed by atoms with Crippen LogP contribution in [0.1, 0.15) is 207 Å². The quantitative estimate of drug-likeness (QED) is 0.0390. The third kappa shape index (κ3) is 34.7. The molecule has 0 aromatic heterocycles. The van der Waals surface area contributed by atoms with Crippen molar-refractivity contribution in [2.24, 2.45) is 0 Å². The molecule has 0 bridgehead atoms. The predicted molar refractivity (Wildman–Crippen MR) is 193 cm³/mol. The number of esters is 2. The molecular formula is C38H75O8P. The predicted octanol–water partition coefficient (Wildman–Crippen LogP) is 11.9. The lowest BCUT2D eigenvalue weighted by Crippen LogP contribution is -2.29. The van der Waals surface area contributed by atoms with E-state index in [1.165, 1.54) is 135 Å². The van der Waals surface area contributed by atoms with E-state index < -0.39 is 19.9 Å². The molecule has 0 spiro atoms. The lowest BCUT2D eigenvalue weighted by molar-refractivity contribution is -0.161. The Bertz CT molecular complexity index is 747. The fraction of sp³-hybridized carbons (Fsp3) is 0.947. The van der Waals surface area contributed by atoms with Crippen molar-refractivity contribution in [3.05, 3.63) is 0 Å². The summed E-state index contributed by atoms with van der Waals surface area (Å²) in [5.74, 6) is -0.785. The highest BCUT2D eigenvalue weighted by Crippen LogP contribution is 2.43. The first kappa shape index (κ1) is 46.0. The number of phosphoric acid groups is 1. The van der Waals surface area contributed by atoms with E-state index in [0.717, 1.165) is 38.5 Å². The molecule has 0 aliphatic carbocycles. The Balaban J connectivity index is 4.09. The van der Waals surface area contributed by atoms with Gasteiger partial charge in [0.15, 0.2) is 6.10 Å². The van der Waals surface area contributed by atoms with E-state index in [1.54, 1.807) is 6.92 Å². The molecule has 0 fully saturated rings. The van der Waals surface area contributed by atoms with Crippen LogP contribution >= 0.6 is 7.82 Å². The number of phosphoric ester groups is 1. The van der Waals surface area contributed by atoms with E-state index in [1.807, 2.05) is 0 Å². The van der Waals surface area contributed by atoms with Crippen molar-refractivity contribution in [3.63, 3.8) is 0 Å². The number of rotatable bonds is 37. The molecule has 2 unspecified atom stereocenters. The van der Waals surface area contributed by atoms with Gasteiger partial charge >= 0.3 is 19.8 Å². The van der Waals surface area contributed by atoms with E-state index in [4.69, 9.17) is 18.5 Å². The topological polar surface area (TPSA) is 108 Å². The maximum absolute atomic E-state index is 12.5. The molecule has 0 heterocycles. The molecular weight excluding hydrogens is 615 g/mol. The number of hydrogen-bond donors (Lipinski definition) is 1. The van der Waals surface area contributed by atoms with Crippen LogP contribution in [0.15, 0.2) is 0 Å². The Kier molecular flexibility index (Phi) is 34.2. The molecule has 1 N–H and O–H groups in total. The Hall–Kier alpha value is -0.950. The number of unbranched alkanes of at least 4 members (excludes halogenated alkanes) is 25. The summed E-state index contributed by atoms with van der Waals surface area (Å²) in [5.41, 5.74) is 0. The molecule has 0 radical (unpaired) electrons. The fourth-order valence-corrected chi connectivity index (χ4v) is 6.50. The number of carbonyl (C=O) groups excluding carboxylic acids is 2. The van der Waals surface area contributed by atoms with E-state index in [9.17, 15) is 19.0 Å². The number of hydrogen-bond acceptors (Lipinski definition) is 7. The summed E-state index contributed by atoms with van der Waals surface area (Å²) in [6, 6.07) is 0. The van der Waals surface area contributed by atoms with Crippen molar-refractivity contribution in [1.29, 1.82) is 0 Å². The van der Waals surface area contributed by atoms with Gasteiger partial charge in [-0.2, -0.15) is 0 Å². The smallest absolute Gasteiger partial charge is 0.462 e. The van der Waals surface area contributed by atoms with Gasteiger partial charge in [0, 0.05) is 12.8 Å². The van der Waals surface area contributed by atoms with Gasteiger partial charge in [-0.05, 0) is 19.8 Å². The molecule has 0 aliphatic rings. The molecule has 0 saturated carbocycles. The first-order valence-electron chi connectivity index (χ1n) is 19.8. The minimum atomic E-state index is -4.27. The number of ether oxygens (including phenoxy) is 2. The van der Waals surface area contributed by atoms with Crippen LogP contribution in [-0.4, -0.2) is 42.8 Å². The van der Waals surface area contributed by atoms with E-state index in [2.05, 4.69) is 13.8 Å². The molecule has 0 aromatic carbocycles. The van der Waals surface area contributed by atoms with Gasteiger partial charge in [-0.3, -0.25) is 18.6 Å². The normalized spacial score (nSPS) is 13.4. The summed E-state index contributed by atoms with van der Waals surface area (Å²) in [7, 11) is -4.27. The highest BCUT2D eigenvalue weighted by atomic mass is 31.2. The summed E-state index contributed by atoms with van der Waals surface area (Å²) in [4.78, 5) is 34.6. The summed E-state index contributed by atoms with van der Waals surface area (Å²) < 4.78 is 32.5. The lowest BCUT2D eigenvalue weighted by Gasteiger charge is -2.19. The van der Waals surface area contributed by atoms with E-state index in [-0.39, 0.29) is 32.2 Å². The highest BCUT2D eigenvalue weighted by molar-refractivity contribution is 7.47. The Morgan fingerprint density at radius 2 is 0.830 bits per heavy atom.